The Balaban J connectivity index is 0.977. The van der Waals surface area contributed by atoms with E-state index in [9.17, 15) is 0 Å². The Hall–Kier alpha value is -12.1. The molecular weight excluding hydrogens is 1140 g/mol. The third-order valence-corrected chi connectivity index (χ3v) is 23.3. The Morgan fingerprint density at radius 1 is 0.194 bits per heavy atom. The highest BCUT2D eigenvalue weighted by Crippen LogP contribution is 2.45. The summed E-state index contributed by atoms with van der Waals surface area (Å²) in [6, 6.07) is 131. The van der Waals surface area contributed by atoms with Crippen LogP contribution in [0.2, 0.25) is 0 Å². The lowest BCUT2D eigenvalue weighted by Gasteiger charge is -2.34. The standard InChI is InChI=1S/C87H59N5Si/c1-8-27-60(28-9-1)65-47-51-81-75(56-65)73-43-22-24-45-79(73)91(81)83-53-49-67(64-35-26-42-72(55-64)93(69-36-16-5-17-37-69,70-38-18-6-19-39-70)71-40-20-7-21-41-71)58-77(83)78-59-68(87-89-85(62-31-12-3-13-32-62)88-86(90-87)63-33-14-4-15-34-63)50-54-84(78)92-80-46-25-23-44-74(80)76-57-66(48-52-82(76)92)61-29-10-2-11-30-61/h1-59H. The molecule has 0 spiro atoms. The van der Waals surface area contributed by atoms with Gasteiger partial charge < -0.3 is 9.13 Å². The summed E-state index contributed by atoms with van der Waals surface area (Å²) in [7, 11) is -2.94. The number of para-hydroxylation sites is 2. The second kappa shape index (κ2) is 23.4. The summed E-state index contributed by atoms with van der Waals surface area (Å²) in [4.78, 5) is 16.0. The van der Waals surface area contributed by atoms with E-state index in [4.69, 9.17) is 15.0 Å². The first-order valence-electron chi connectivity index (χ1n) is 31.7. The molecule has 0 radical (unpaired) electrons. The first kappa shape index (κ1) is 55.0. The number of benzene rings is 14. The zero-order chi connectivity index (χ0) is 61.7. The Labute approximate surface area is 541 Å². The van der Waals surface area contributed by atoms with Gasteiger partial charge in [-0.1, -0.05) is 291 Å². The zero-order valence-electron chi connectivity index (χ0n) is 50.8. The van der Waals surface area contributed by atoms with Gasteiger partial charge >= 0.3 is 0 Å². The maximum Gasteiger partial charge on any atom is 0.179 e. The molecule has 0 bridgehead atoms. The molecule has 0 aliphatic rings. The summed E-state index contributed by atoms with van der Waals surface area (Å²) in [6.07, 6.45) is 0. The molecule has 93 heavy (non-hydrogen) atoms. The molecule has 17 aromatic rings. The average Bonchev–Trinajstić information content (AvgIpc) is 1.66. The molecule has 0 fully saturated rings. The molecule has 0 aliphatic carbocycles. The molecule has 0 N–H and O–H groups in total. The maximum atomic E-state index is 5.39. The van der Waals surface area contributed by atoms with Crippen LogP contribution in [0.15, 0.2) is 358 Å². The molecule has 3 aromatic heterocycles. The van der Waals surface area contributed by atoms with Gasteiger partial charge in [-0.2, -0.15) is 0 Å². The van der Waals surface area contributed by atoms with Crippen molar-refractivity contribution in [3.05, 3.63) is 358 Å². The molecule has 3 heterocycles. The average molecular weight is 1200 g/mol. The molecule has 0 saturated carbocycles. The zero-order valence-corrected chi connectivity index (χ0v) is 51.8. The lowest BCUT2D eigenvalue weighted by atomic mass is 9.94. The van der Waals surface area contributed by atoms with Gasteiger partial charge in [0, 0.05) is 49.4 Å². The van der Waals surface area contributed by atoms with Gasteiger partial charge in [-0.25, -0.2) is 15.0 Å². The van der Waals surface area contributed by atoms with Crippen LogP contribution in [0.4, 0.5) is 0 Å². The summed E-state index contributed by atoms with van der Waals surface area (Å²) in [5, 5.41) is 9.96. The smallest absolute Gasteiger partial charge is 0.179 e. The van der Waals surface area contributed by atoms with Gasteiger partial charge in [0.2, 0.25) is 0 Å². The van der Waals surface area contributed by atoms with Gasteiger partial charge in [0.25, 0.3) is 0 Å². The van der Waals surface area contributed by atoms with E-state index >= 15 is 0 Å². The van der Waals surface area contributed by atoms with Crippen LogP contribution in [0.3, 0.4) is 0 Å². The Bertz CT molecular complexity index is 5440. The Morgan fingerprint density at radius 2 is 0.495 bits per heavy atom. The second-order valence-electron chi connectivity index (χ2n) is 23.8. The van der Waals surface area contributed by atoms with Crippen LogP contribution in [0, 0.1) is 0 Å². The summed E-state index contributed by atoms with van der Waals surface area (Å²) < 4.78 is 4.97. The van der Waals surface area contributed by atoms with E-state index in [1.165, 1.54) is 59.0 Å². The molecule has 0 amide bonds. The summed E-state index contributed by atoms with van der Waals surface area (Å²) in [5.41, 5.74) is 18.1. The number of nitrogens with zero attached hydrogens (tertiary/aromatic N) is 5. The van der Waals surface area contributed by atoms with Crippen LogP contribution in [-0.4, -0.2) is 32.2 Å². The molecule has 6 heteroatoms. The lowest BCUT2D eigenvalue weighted by Crippen LogP contribution is -2.74. The van der Waals surface area contributed by atoms with E-state index in [-0.39, 0.29) is 0 Å². The lowest BCUT2D eigenvalue weighted by molar-refractivity contribution is 1.07. The molecule has 0 atom stereocenters. The van der Waals surface area contributed by atoms with Crippen LogP contribution >= 0.6 is 0 Å². The van der Waals surface area contributed by atoms with Crippen molar-refractivity contribution in [3.63, 3.8) is 0 Å². The minimum absolute atomic E-state index is 0.574. The monoisotopic (exact) mass is 1200 g/mol. The number of hydrogen-bond acceptors (Lipinski definition) is 3. The van der Waals surface area contributed by atoms with Gasteiger partial charge in [0.05, 0.1) is 33.4 Å². The number of rotatable bonds is 13. The van der Waals surface area contributed by atoms with Crippen molar-refractivity contribution in [2.24, 2.45) is 0 Å². The van der Waals surface area contributed by atoms with E-state index in [1.54, 1.807) is 0 Å². The topological polar surface area (TPSA) is 48.5 Å². The summed E-state index contributed by atoms with van der Waals surface area (Å²) >= 11 is 0. The van der Waals surface area contributed by atoms with Gasteiger partial charge in [0.1, 0.15) is 0 Å². The van der Waals surface area contributed by atoms with E-state index < -0.39 is 8.07 Å². The van der Waals surface area contributed by atoms with Crippen molar-refractivity contribution in [2.75, 3.05) is 0 Å². The van der Waals surface area contributed by atoms with Crippen LogP contribution in [-0.2, 0) is 0 Å². The third kappa shape index (κ3) is 9.67. The van der Waals surface area contributed by atoms with Crippen LogP contribution in [0.25, 0.3) is 134 Å². The fourth-order valence-electron chi connectivity index (χ4n) is 14.2. The normalized spacial score (nSPS) is 11.7. The number of hydrogen-bond donors (Lipinski definition) is 0. The van der Waals surface area contributed by atoms with Crippen molar-refractivity contribution in [1.29, 1.82) is 0 Å². The van der Waals surface area contributed by atoms with Crippen LogP contribution in [0.1, 0.15) is 0 Å². The molecular formula is C87H59N5Si. The van der Waals surface area contributed by atoms with Gasteiger partial charge in [-0.15, -0.1) is 0 Å². The first-order valence-corrected chi connectivity index (χ1v) is 33.7. The van der Waals surface area contributed by atoms with E-state index in [2.05, 4.69) is 331 Å². The summed E-state index contributed by atoms with van der Waals surface area (Å²) in [6.45, 7) is 0. The van der Waals surface area contributed by atoms with Crippen molar-refractivity contribution in [2.45, 2.75) is 0 Å². The quantitative estimate of drug-likeness (QED) is 0.0854. The minimum Gasteiger partial charge on any atom is -0.309 e. The predicted octanol–water partition coefficient (Wildman–Crippen LogP) is 19.1. The molecule has 17 rings (SSSR count). The fraction of sp³-hybridized carbons (Fsp3) is 0. The molecule has 0 saturated heterocycles. The van der Waals surface area contributed by atoms with Gasteiger partial charge in [-0.05, 0) is 121 Å². The summed E-state index contributed by atoms with van der Waals surface area (Å²) in [5.74, 6) is 1.78. The van der Waals surface area contributed by atoms with Crippen molar-refractivity contribution in [1.82, 2.24) is 24.1 Å². The number of fused-ring (bicyclic) bond motifs is 6. The van der Waals surface area contributed by atoms with Crippen LogP contribution in [0.5, 0.6) is 0 Å². The third-order valence-electron chi connectivity index (χ3n) is 18.5. The van der Waals surface area contributed by atoms with Crippen LogP contribution < -0.4 is 20.7 Å². The SMILES string of the molecule is c1ccc(-c2ccc3c(c2)c2ccccc2n3-c2ccc(-c3cccc([Si](c4ccccc4)(c4ccccc4)c4ccccc4)c3)cc2-c2cc(-c3nc(-c4ccccc4)nc(-c4ccccc4)n3)ccc2-n2c3ccccc3c3cc(-c4ccccc4)ccc32)cc1. The van der Waals surface area contributed by atoms with E-state index in [1.807, 2.05) is 36.4 Å². The second-order valence-corrected chi connectivity index (χ2v) is 27.6. The van der Waals surface area contributed by atoms with Crippen molar-refractivity contribution >= 4 is 72.4 Å². The molecule has 5 nitrogen and oxygen atoms in total. The van der Waals surface area contributed by atoms with Gasteiger partial charge in [-0.3, -0.25) is 0 Å². The van der Waals surface area contributed by atoms with Crippen molar-refractivity contribution < 1.29 is 0 Å². The molecule has 0 aliphatic heterocycles. The largest absolute Gasteiger partial charge is 0.309 e. The molecule has 436 valence electrons. The maximum absolute atomic E-state index is 5.39. The number of aromatic nitrogens is 5. The molecule has 14 aromatic carbocycles. The van der Waals surface area contributed by atoms with Crippen molar-refractivity contribution in [3.8, 4) is 90.0 Å². The highest BCUT2D eigenvalue weighted by atomic mass is 28.3. The molecule has 0 unspecified atom stereocenters. The fourth-order valence-corrected chi connectivity index (χ4v) is 19.0. The first-order chi connectivity index (χ1) is 46.1. The highest BCUT2D eigenvalue weighted by Gasteiger charge is 2.41. The van der Waals surface area contributed by atoms with E-state index in [0.29, 0.717) is 17.5 Å². The van der Waals surface area contributed by atoms with E-state index in [0.717, 1.165) is 77.9 Å². The van der Waals surface area contributed by atoms with Gasteiger partial charge in [0.15, 0.2) is 25.5 Å². The highest BCUT2D eigenvalue weighted by molar-refractivity contribution is 7.20. The minimum atomic E-state index is -2.94. The Kier molecular flexibility index (Phi) is 13.8. The Morgan fingerprint density at radius 3 is 0.935 bits per heavy atom. The predicted molar refractivity (Wildman–Crippen MR) is 390 cm³/mol.